The zero-order valence-corrected chi connectivity index (χ0v) is 20.7. The van der Waals surface area contributed by atoms with Crippen molar-refractivity contribution in [1.29, 1.82) is 0 Å². The first-order chi connectivity index (χ1) is 11.9. The third-order valence-corrected chi connectivity index (χ3v) is 7.82. The van der Waals surface area contributed by atoms with Gasteiger partial charge in [-0.2, -0.15) is 0 Å². The number of halogens is 1. The van der Waals surface area contributed by atoms with Crippen molar-refractivity contribution in [3.05, 3.63) is 12.2 Å². The molecule has 150 valence electrons. The summed E-state index contributed by atoms with van der Waals surface area (Å²) in [6.07, 6.45) is 19.9. The van der Waals surface area contributed by atoms with Gasteiger partial charge in [-0.15, -0.1) is 21.8 Å². The van der Waals surface area contributed by atoms with Crippen molar-refractivity contribution in [2.75, 3.05) is 13.2 Å². The third-order valence-electron chi connectivity index (χ3n) is 4.66. The van der Waals surface area contributed by atoms with Crippen LogP contribution >= 0.6 is 21.8 Å². The monoisotopic (exact) mass is 480 g/mol. The molecule has 0 heterocycles. The summed E-state index contributed by atoms with van der Waals surface area (Å²) in [4.78, 5) is 0. The first-order valence-corrected chi connectivity index (χ1v) is 17.1. The highest BCUT2D eigenvalue weighted by atomic mass is 127. The largest absolute Gasteiger partial charge is 0.377 e. The minimum atomic E-state index is -0.810. The van der Waals surface area contributed by atoms with E-state index in [2.05, 4.69) is 41.5 Å². The van der Waals surface area contributed by atoms with Gasteiger partial charge in [0.15, 0.2) is 0 Å². The third kappa shape index (κ3) is 24.6. The van der Waals surface area contributed by atoms with Crippen LogP contribution in [0.1, 0.15) is 96.8 Å². The number of ether oxygens (including phenoxy) is 1. The van der Waals surface area contributed by atoms with Crippen molar-refractivity contribution in [2.45, 2.75) is 116 Å². The molecule has 0 aliphatic heterocycles. The molecule has 0 aromatic heterocycles. The zero-order chi connectivity index (χ0) is 18.8. The summed E-state index contributed by atoms with van der Waals surface area (Å²) in [6, 6.07) is 1.51. The van der Waals surface area contributed by atoms with Crippen molar-refractivity contribution < 1.29 is 4.74 Å². The van der Waals surface area contributed by atoms with Gasteiger partial charge in [0.1, 0.15) is 5.57 Å². The molecule has 0 rings (SSSR count). The van der Waals surface area contributed by atoms with Crippen LogP contribution in [0.25, 0.3) is 0 Å². The van der Waals surface area contributed by atoms with E-state index in [-0.39, 0.29) is 0 Å². The Bertz CT molecular complexity index is 299. The first kappa shape index (κ1) is 25.6. The number of hydrogen-bond donors (Lipinski definition) is 0. The lowest BCUT2D eigenvalue weighted by atomic mass is 10.0. The first-order valence-electron chi connectivity index (χ1n) is 10.8. The molecule has 0 N–H and O–H groups in total. The van der Waals surface area contributed by atoms with Gasteiger partial charge in [-0.25, -0.2) is 0 Å². The van der Waals surface area contributed by atoms with Crippen LogP contribution < -0.4 is 0 Å². The van der Waals surface area contributed by atoms with Crippen molar-refractivity contribution in [2.24, 2.45) is 0 Å². The molecule has 0 atom stereocenters. The van der Waals surface area contributed by atoms with Gasteiger partial charge in [0.05, 0.1) is 6.61 Å². The second-order valence-electron chi connectivity index (χ2n) is 8.43. The van der Waals surface area contributed by atoms with Crippen LogP contribution in [-0.4, -0.2) is 18.8 Å². The average Bonchev–Trinajstić information content (AvgIpc) is 2.52. The van der Waals surface area contributed by atoms with E-state index in [1.54, 1.807) is 0 Å². The minimum Gasteiger partial charge on any atom is -0.377 e. The van der Waals surface area contributed by atoms with Crippen LogP contribution in [0.5, 0.6) is 0 Å². The highest BCUT2D eigenvalue weighted by Gasteiger charge is 2.14. The average molecular weight is 481 g/mol. The summed E-state index contributed by atoms with van der Waals surface area (Å²) in [6.45, 7) is 12.5. The molecule has 0 spiro atoms. The van der Waals surface area contributed by atoms with E-state index in [0.29, 0.717) is 0 Å². The maximum absolute atomic E-state index is 5.53. The summed E-state index contributed by atoms with van der Waals surface area (Å²) in [5.74, 6) is 0. The predicted molar refractivity (Wildman–Crippen MR) is 127 cm³/mol. The smallest absolute Gasteiger partial charge is 0.119 e. The Kier molecular flexibility index (Phi) is 18.5. The second-order valence-corrected chi connectivity index (χ2v) is 21.1. The summed E-state index contributed by atoms with van der Waals surface area (Å²) in [5, 5.41) is 0. The molecule has 0 fully saturated rings. The Morgan fingerprint density at radius 1 is 0.720 bits per heavy atom. The second kappa shape index (κ2) is 18.0. The summed E-state index contributed by atoms with van der Waals surface area (Å²) in [5.41, 5.74) is 0.317. The van der Waals surface area contributed by atoms with Crippen LogP contribution in [0, 0.1) is 0 Å². The van der Waals surface area contributed by atoms with Gasteiger partial charge in [0, 0.05) is 6.61 Å². The van der Waals surface area contributed by atoms with Gasteiger partial charge < -0.3 is 4.74 Å². The number of rotatable bonds is 19. The molecule has 0 saturated heterocycles. The van der Waals surface area contributed by atoms with E-state index in [9.17, 15) is 0 Å². The van der Waals surface area contributed by atoms with E-state index < -0.39 is 5.57 Å². The van der Waals surface area contributed by atoms with Gasteiger partial charge in [0.2, 0.25) is 0 Å². The predicted octanol–water partition coefficient (Wildman–Crippen LogP) is 8.68. The SMILES string of the molecule is C=C(C)COCCCCCCCCCCCCCCCC[Si](C)(C)I. The van der Waals surface area contributed by atoms with Gasteiger partial charge >= 0.3 is 0 Å². The van der Waals surface area contributed by atoms with Gasteiger partial charge in [-0.05, 0) is 19.4 Å². The van der Waals surface area contributed by atoms with E-state index in [1.165, 1.54) is 95.9 Å². The highest BCUT2D eigenvalue weighted by Crippen LogP contribution is 2.21. The van der Waals surface area contributed by atoms with Crippen LogP contribution in [-0.2, 0) is 4.74 Å². The lowest BCUT2D eigenvalue weighted by Crippen LogP contribution is -2.13. The Morgan fingerprint density at radius 3 is 1.44 bits per heavy atom. The molecule has 0 aromatic rings. The quantitative estimate of drug-likeness (QED) is 0.0591. The van der Waals surface area contributed by atoms with E-state index in [4.69, 9.17) is 4.74 Å². The number of hydrogen-bond acceptors (Lipinski definition) is 1. The van der Waals surface area contributed by atoms with Crippen molar-refractivity contribution in [3.8, 4) is 0 Å². The van der Waals surface area contributed by atoms with E-state index >= 15 is 0 Å². The fourth-order valence-corrected chi connectivity index (χ4v) is 5.35. The molecular formula is C22H45IOSi. The highest BCUT2D eigenvalue weighted by molar-refractivity contribution is 14.1. The molecule has 0 unspecified atom stereocenters. The van der Waals surface area contributed by atoms with Crippen molar-refractivity contribution in [1.82, 2.24) is 0 Å². The fourth-order valence-electron chi connectivity index (χ4n) is 3.12. The molecule has 1 nitrogen and oxygen atoms in total. The molecule has 0 aliphatic rings. The molecule has 0 radical (unpaired) electrons. The molecule has 0 saturated carbocycles. The molecule has 0 bridgehead atoms. The minimum absolute atomic E-state index is 0.734. The Labute approximate surface area is 173 Å². The molecule has 25 heavy (non-hydrogen) atoms. The van der Waals surface area contributed by atoms with Gasteiger partial charge in [0.25, 0.3) is 0 Å². The van der Waals surface area contributed by atoms with Gasteiger partial charge in [-0.1, -0.05) is 109 Å². The molecule has 0 amide bonds. The molecule has 3 heteroatoms. The summed E-state index contributed by atoms with van der Waals surface area (Å²) >= 11 is 2.71. The number of unbranched alkanes of at least 4 members (excludes halogenated alkanes) is 13. The zero-order valence-electron chi connectivity index (χ0n) is 17.5. The Morgan fingerprint density at radius 2 is 1.08 bits per heavy atom. The van der Waals surface area contributed by atoms with E-state index in [0.717, 1.165) is 18.8 Å². The molecule has 0 aliphatic carbocycles. The van der Waals surface area contributed by atoms with Gasteiger partial charge in [-0.3, -0.25) is 0 Å². The standard InChI is InChI=1S/C22H45IOSi/c1-22(2)21-24-19-17-15-13-11-9-7-5-6-8-10-12-14-16-18-20-25(3,4)23/h1,5-21H2,2-4H3. The lowest BCUT2D eigenvalue weighted by Gasteiger charge is -2.12. The van der Waals surface area contributed by atoms with Crippen molar-refractivity contribution in [3.63, 3.8) is 0 Å². The topological polar surface area (TPSA) is 9.23 Å². The van der Waals surface area contributed by atoms with Crippen LogP contribution in [0.2, 0.25) is 19.1 Å². The Balaban J connectivity index is 3.04. The fraction of sp³-hybridized carbons (Fsp3) is 0.909. The molecular weight excluding hydrogens is 435 g/mol. The van der Waals surface area contributed by atoms with Crippen LogP contribution in [0.4, 0.5) is 0 Å². The Hall–Kier alpha value is 0.647. The maximum Gasteiger partial charge on any atom is 0.119 e. The van der Waals surface area contributed by atoms with Crippen molar-refractivity contribution >= 4 is 27.4 Å². The molecule has 0 aromatic carbocycles. The van der Waals surface area contributed by atoms with Crippen LogP contribution in [0.15, 0.2) is 12.2 Å². The summed E-state index contributed by atoms with van der Waals surface area (Å²) in [7, 11) is 0. The summed E-state index contributed by atoms with van der Waals surface area (Å²) < 4.78 is 5.53. The normalized spacial score (nSPS) is 11.8. The van der Waals surface area contributed by atoms with Crippen LogP contribution in [0.3, 0.4) is 0 Å². The van der Waals surface area contributed by atoms with E-state index in [1.807, 2.05) is 6.92 Å². The maximum atomic E-state index is 5.53. The lowest BCUT2D eigenvalue weighted by molar-refractivity contribution is 0.151.